The Hall–Kier alpha value is -3.00. The molecule has 0 bridgehead atoms. The molecular weight excluding hydrogens is 346 g/mol. The van der Waals surface area contributed by atoms with Gasteiger partial charge in [-0.15, -0.1) is 0 Å². The number of morpholine rings is 1. The maximum atomic E-state index is 12.8. The monoisotopic (exact) mass is 367 g/mol. The molecule has 0 unspecified atom stereocenters. The molecule has 1 fully saturated rings. The van der Waals surface area contributed by atoms with Crippen LogP contribution in [-0.4, -0.2) is 53.0 Å². The quantitative estimate of drug-likeness (QED) is 0.883. The molecule has 0 aliphatic carbocycles. The number of anilines is 2. The molecule has 0 radical (unpaired) electrons. The van der Waals surface area contributed by atoms with Crippen LogP contribution < -0.4 is 10.2 Å². The van der Waals surface area contributed by atoms with E-state index in [-0.39, 0.29) is 11.8 Å². The summed E-state index contributed by atoms with van der Waals surface area (Å²) in [4.78, 5) is 36.9. The second-order valence-corrected chi connectivity index (χ2v) is 6.66. The van der Waals surface area contributed by atoms with Crippen LogP contribution >= 0.6 is 0 Å². The molecule has 1 aromatic heterocycles. The van der Waals surface area contributed by atoms with Gasteiger partial charge in [-0.05, 0) is 24.3 Å². The SMILES string of the molecule is CC(=O)Nc1ccc(C(=O)N2Cc3cnc(N4CCOCC4)nc3C2)cc1. The number of ether oxygens (including phenoxy) is 1. The highest BCUT2D eigenvalue weighted by atomic mass is 16.5. The third-order valence-corrected chi connectivity index (χ3v) is 4.68. The van der Waals surface area contributed by atoms with Crippen molar-refractivity contribution in [3.8, 4) is 0 Å². The van der Waals surface area contributed by atoms with E-state index in [0.717, 1.165) is 24.3 Å². The van der Waals surface area contributed by atoms with E-state index in [1.54, 1.807) is 29.2 Å². The highest BCUT2D eigenvalue weighted by Crippen LogP contribution is 2.24. The maximum absolute atomic E-state index is 12.8. The van der Waals surface area contributed by atoms with Crippen molar-refractivity contribution < 1.29 is 14.3 Å². The summed E-state index contributed by atoms with van der Waals surface area (Å²) in [5.74, 6) is 0.500. The Morgan fingerprint density at radius 3 is 2.56 bits per heavy atom. The van der Waals surface area contributed by atoms with Gasteiger partial charge in [0, 0.05) is 49.6 Å². The largest absolute Gasteiger partial charge is 0.378 e. The lowest BCUT2D eigenvalue weighted by atomic mass is 10.2. The number of aromatic nitrogens is 2. The Balaban J connectivity index is 1.45. The van der Waals surface area contributed by atoms with Crippen molar-refractivity contribution in [2.75, 3.05) is 36.5 Å². The lowest BCUT2D eigenvalue weighted by Crippen LogP contribution is -2.37. The predicted octanol–water partition coefficient (Wildman–Crippen LogP) is 1.43. The van der Waals surface area contributed by atoms with Crippen LogP contribution in [-0.2, 0) is 22.6 Å². The zero-order valence-electron chi connectivity index (χ0n) is 15.1. The molecule has 2 amide bonds. The molecule has 0 atom stereocenters. The molecule has 0 saturated carbocycles. The van der Waals surface area contributed by atoms with Crippen molar-refractivity contribution in [2.24, 2.45) is 0 Å². The van der Waals surface area contributed by atoms with Gasteiger partial charge in [-0.2, -0.15) is 0 Å². The summed E-state index contributed by atoms with van der Waals surface area (Å²) >= 11 is 0. The second kappa shape index (κ2) is 7.32. The maximum Gasteiger partial charge on any atom is 0.254 e. The van der Waals surface area contributed by atoms with Crippen molar-refractivity contribution in [3.63, 3.8) is 0 Å². The number of amides is 2. The number of hydrogen-bond acceptors (Lipinski definition) is 6. The Morgan fingerprint density at radius 1 is 1.11 bits per heavy atom. The molecule has 2 aliphatic rings. The molecule has 140 valence electrons. The van der Waals surface area contributed by atoms with E-state index in [0.29, 0.717) is 43.5 Å². The van der Waals surface area contributed by atoms with Crippen molar-refractivity contribution in [1.29, 1.82) is 0 Å². The minimum Gasteiger partial charge on any atom is -0.378 e. The summed E-state index contributed by atoms with van der Waals surface area (Å²) in [5, 5.41) is 2.70. The average Bonchev–Trinajstić information content (AvgIpc) is 3.11. The van der Waals surface area contributed by atoms with Crippen LogP contribution in [0.1, 0.15) is 28.5 Å². The number of carbonyl (C=O) groups is 2. The highest BCUT2D eigenvalue weighted by molar-refractivity contribution is 5.95. The molecule has 2 aromatic rings. The lowest BCUT2D eigenvalue weighted by Gasteiger charge is -2.26. The lowest BCUT2D eigenvalue weighted by molar-refractivity contribution is -0.114. The standard InChI is InChI=1S/C19H21N5O3/c1-13(25)21-16-4-2-14(3-5-16)18(26)24-11-15-10-20-19(22-17(15)12-24)23-6-8-27-9-7-23/h2-5,10H,6-9,11-12H2,1H3,(H,21,25). The predicted molar refractivity (Wildman–Crippen MR) is 99.4 cm³/mol. The Morgan fingerprint density at radius 2 is 1.85 bits per heavy atom. The molecule has 2 aliphatic heterocycles. The molecule has 27 heavy (non-hydrogen) atoms. The van der Waals surface area contributed by atoms with E-state index in [1.807, 2.05) is 6.20 Å². The first-order valence-corrected chi connectivity index (χ1v) is 8.94. The van der Waals surface area contributed by atoms with E-state index >= 15 is 0 Å². The van der Waals surface area contributed by atoms with Gasteiger partial charge in [-0.25, -0.2) is 9.97 Å². The fourth-order valence-corrected chi connectivity index (χ4v) is 3.28. The summed E-state index contributed by atoms with van der Waals surface area (Å²) in [7, 11) is 0. The van der Waals surface area contributed by atoms with E-state index < -0.39 is 0 Å². The summed E-state index contributed by atoms with van der Waals surface area (Å²) in [5.41, 5.74) is 3.13. The van der Waals surface area contributed by atoms with Crippen LogP contribution in [0.5, 0.6) is 0 Å². The van der Waals surface area contributed by atoms with E-state index in [2.05, 4.69) is 20.2 Å². The average molecular weight is 367 g/mol. The van der Waals surface area contributed by atoms with Crippen LogP contribution in [0.4, 0.5) is 11.6 Å². The van der Waals surface area contributed by atoms with Crippen LogP contribution in [0.3, 0.4) is 0 Å². The van der Waals surface area contributed by atoms with Gasteiger partial charge < -0.3 is 19.9 Å². The summed E-state index contributed by atoms with van der Waals surface area (Å²) in [6.45, 7) is 5.35. The molecular formula is C19H21N5O3. The molecule has 8 nitrogen and oxygen atoms in total. The first-order chi connectivity index (χ1) is 13.1. The van der Waals surface area contributed by atoms with Crippen molar-refractivity contribution in [2.45, 2.75) is 20.0 Å². The van der Waals surface area contributed by atoms with Gasteiger partial charge in [0.15, 0.2) is 0 Å². The van der Waals surface area contributed by atoms with Gasteiger partial charge in [0.2, 0.25) is 11.9 Å². The Labute approximate surface area is 157 Å². The second-order valence-electron chi connectivity index (χ2n) is 6.66. The van der Waals surface area contributed by atoms with E-state index in [9.17, 15) is 9.59 Å². The Bertz CT molecular complexity index is 862. The number of benzene rings is 1. The number of hydrogen-bond donors (Lipinski definition) is 1. The fraction of sp³-hybridized carbons (Fsp3) is 0.368. The van der Waals surface area contributed by atoms with E-state index in [1.165, 1.54) is 6.92 Å². The van der Waals surface area contributed by atoms with Gasteiger partial charge in [0.05, 0.1) is 25.5 Å². The van der Waals surface area contributed by atoms with Gasteiger partial charge in [0.25, 0.3) is 5.91 Å². The Kier molecular flexibility index (Phi) is 4.72. The molecule has 1 saturated heterocycles. The number of carbonyl (C=O) groups excluding carboxylic acids is 2. The van der Waals surface area contributed by atoms with Crippen LogP contribution in [0, 0.1) is 0 Å². The normalized spacial score (nSPS) is 16.2. The number of fused-ring (bicyclic) bond motifs is 1. The molecule has 1 N–H and O–H groups in total. The number of nitrogens with one attached hydrogen (secondary N) is 1. The molecule has 0 spiro atoms. The zero-order valence-corrected chi connectivity index (χ0v) is 15.1. The first-order valence-electron chi connectivity index (χ1n) is 8.94. The minimum atomic E-state index is -0.140. The van der Waals surface area contributed by atoms with Gasteiger partial charge in [0.1, 0.15) is 0 Å². The minimum absolute atomic E-state index is 0.0599. The van der Waals surface area contributed by atoms with Crippen LogP contribution in [0.25, 0.3) is 0 Å². The molecule has 8 heteroatoms. The van der Waals surface area contributed by atoms with Gasteiger partial charge in [-0.1, -0.05) is 0 Å². The third-order valence-electron chi connectivity index (χ3n) is 4.68. The van der Waals surface area contributed by atoms with E-state index in [4.69, 9.17) is 4.74 Å². The van der Waals surface area contributed by atoms with Crippen molar-refractivity contribution >= 4 is 23.5 Å². The number of nitrogens with zero attached hydrogens (tertiary/aromatic N) is 4. The first kappa shape index (κ1) is 17.4. The fourth-order valence-electron chi connectivity index (χ4n) is 3.28. The third kappa shape index (κ3) is 3.75. The summed E-state index contributed by atoms with van der Waals surface area (Å²) in [6, 6.07) is 6.91. The molecule has 4 rings (SSSR count). The van der Waals surface area contributed by atoms with Crippen molar-refractivity contribution in [3.05, 3.63) is 47.3 Å². The number of rotatable bonds is 3. The molecule has 3 heterocycles. The summed E-state index contributed by atoms with van der Waals surface area (Å²) < 4.78 is 5.37. The zero-order chi connectivity index (χ0) is 18.8. The van der Waals surface area contributed by atoms with Crippen LogP contribution in [0.2, 0.25) is 0 Å². The smallest absolute Gasteiger partial charge is 0.254 e. The van der Waals surface area contributed by atoms with Crippen LogP contribution in [0.15, 0.2) is 30.5 Å². The highest BCUT2D eigenvalue weighted by Gasteiger charge is 2.27. The van der Waals surface area contributed by atoms with Crippen molar-refractivity contribution in [1.82, 2.24) is 14.9 Å². The van der Waals surface area contributed by atoms with Gasteiger partial charge >= 0.3 is 0 Å². The topological polar surface area (TPSA) is 87.7 Å². The van der Waals surface area contributed by atoms with Gasteiger partial charge in [-0.3, -0.25) is 9.59 Å². The summed E-state index contributed by atoms with van der Waals surface area (Å²) in [6.07, 6.45) is 1.82. The molecule has 1 aromatic carbocycles.